The van der Waals surface area contributed by atoms with E-state index in [0.717, 1.165) is 77.5 Å². The lowest BCUT2D eigenvalue weighted by Crippen LogP contribution is -2.02. The second-order valence-electron chi connectivity index (χ2n) is 10.0. The summed E-state index contributed by atoms with van der Waals surface area (Å²) in [4.78, 5) is 0. The van der Waals surface area contributed by atoms with Crippen LogP contribution in [0.5, 0.6) is 0 Å². The molecule has 0 spiro atoms. The molecule has 0 unspecified atom stereocenters. The summed E-state index contributed by atoms with van der Waals surface area (Å²) in [5.74, 6) is 16.9. The van der Waals surface area contributed by atoms with Gasteiger partial charge in [0.05, 0.1) is 26.4 Å². The summed E-state index contributed by atoms with van der Waals surface area (Å²) >= 11 is 0. The molecule has 0 saturated carbocycles. The molecule has 3 aromatic rings. The number of fused-ring (bicyclic) bond motifs is 2. The number of ether oxygens (including phenoxy) is 2. The Morgan fingerprint density at radius 1 is 0.658 bits per heavy atom. The Morgan fingerprint density at radius 2 is 1.18 bits per heavy atom. The van der Waals surface area contributed by atoms with Crippen LogP contribution in [-0.4, -0.2) is 0 Å². The van der Waals surface area contributed by atoms with Crippen LogP contribution in [0.15, 0.2) is 42.5 Å². The second-order valence-corrected chi connectivity index (χ2v) is 10.0. The summed E-state index contributed by atoms with van der Waals surface area (Å²) in [6.45, 7) is 6.74. The van der Waals surface area contributed by atoms with Gasteiger partial charge in [-0.3, -0.25) is 0 Å². The van der Waals surface area contributed by atoms with Gasteiger partial charge in [-0.15, -0.1) is 6.42 Å². The van der Waals surface area contributed by atoms with Crippen LogP contribution in [0.4, 0.5) is 0 Å². The fourth-order valence-electron chi connectivity index (χ4n) is 5.32. The molecule has 3 aromatic carbocycles. The molecular formula is C36H34O2. The first-order chi connectivity index (χ1) is 18.7. The fourth-order valence-corrected chi connectivity index (χ4v) is 5.32. The number of benzene rings is 3. The van der Waals surface area contributed by atoms with Crippen LogP contribution >= 0.6 is 0 Å². The third-order valence-electron chi connectivity index (χ3n) is 7.43. The minimum absolute atomic E-state index is 0.569. The van der Waals surface area contributed by atoms with Crippen molar-refractivity contribution in [3.63, 3.8) is 0 Å². The highest BCUT2D eigenvalue weighted by Gasteiger charge is 2.23. The van der Waals surface area contributed by atoms with E-state index in [4.69, 9.17) is 15.9 Å². The molecule has 0 bridgehead atoms. The molecule has 2 heterocycles. The van der Waals surface area contributed by atoms with E-state index < -0.39 is 0 Å². The van der Waals surface area contributed by atoms with Gasteiger partial charge in [0, 0.05) is 50.1 Å². The van der Waals surface area contributed by atoms with E-state index in [1.165, 1.54) is 22.3 Å². The van der Waals surface area contributed by atoms with Crippen molar-refractivity contribution in [1.29, 1.82) is 0 Å². The molecule has 2 heteroatoms. The van der Waals surface area contributed by atoms with Gasteiger partial charge < -0.3 is 9.47 Å². The Bertz CT molecular complexity index is 1500. The summed E-state index contributed by atoms with van der Waals surface area (Å²) in [5.41, 5.74) is 12.4. The van der Waals surface area contributed by atoms with Gasteiger partial charge >= 0.3 is 0 Å². The van der Waals surface area contributed by atoms with Crippen molar-refractivity contribution < 1.29 is 9.47 Å². The first-order valence-electron chi connectivity index (χ1n) is 13.8. The normalized spacial score (nSPS) is 13.1. The molecule has 0 aliphatic carbocycles. The van der Waals surface area contributed by atoms with E-state index in [0.29, 0.717) is 26.4 Å². The topological polar surface area (TPSA) is 18.5 Å². The van der Waals surface area contributed by atoms with Gasteiger partial charge in [-0.05, 0) is 61.1 Å². The average molecular weight is 499 g/mol. The van der Waals surface area contributed by atoms with E-state index in [-0.39, 0.29) is 0 Å². The molecule has 190 valence electrons. The number of unbranched alkanes of at least 4 members (excludes halogenated alkanes) is 2. The van der Waals surface area contributed by atoms with Crippen LogP contribution in [0, 0.1) is 36.0 Å². The second kappa shape index (κ2) is 12.2. The Morgan fingerprint density at radius 3 is 1.76 bits per heavy atom. The molecule has 5 rings (SSSR count). The third-order valence-corrected chi connectivity index (χ3v) is 7.43. The molecule has 38 heavy (non-hydrogen) atoms. The third kappa shape index (κ3) is 5.42. The van der Waals surface area contributed by atoms with Crippen LogP contribution in [0.2, 0.25) is 0 Å². The highest BCUT2D eigenvalue weighted by molar-refractivity contribution is 5.63. The van der Waals surface area contributed by atoms with E-state index in [1.807, 2.05) is 30.3 Å². The zero-order chi connectivity index (χ0) is 26.3. The van der Waals surface area contributed by atoms with Crippen molar-refractivity contribution in [3.8, 4) is 36.0 Å². The lowest BCUT2D eigenvalue weighted by molar-refractivity contribution is 0.134. The molecular weight excluding hydrogens is 464 g/mol. The predicted molar refractivity (Wildman–Crippen MR) is 153 cm³/mol. The number of aryl methyl sites for hydroxylation is 2. The standard InChI is InChI=1S/C36H34O2/c1-4-7-14-27-20-30(33-22-37-24-35(33)31(27)6-3)18-19-32-28(15-8-5-2)21-29(34-23-38-25-36(32)34)17-16-26-12-10-9-11-13-26/h3,9-13,20-21H,4-5,7-8,14-15,22-25H2,1-2H3. The van der Waals surface area contributed by atoms with Gasteiger partial charge in [0.2, 0.25) is 0 Å². The summed E-state index contributed by atoms with van der Waals surface area (Å²) < 4.78 is 11.8. The highest BCUT2D eigenvalue weighted by atomic mass is 16.5. The summed E-state index contributed by atoms with van der Waals surface area (Å²) in [7, 11) is 0. The lowest BCUT2D eigenvalue weighted by atomic mass is 9.89. The Hall–Kier alpha value is -3.74. The van der Waals surface area contributed by atoms with Crippen LogP contribution in [0.25, 0.3) is 0 Å². The zero-order valence-electron chi connectivity index (χ0n) is 22.5. The molecule has 0 N–H and O–H groups in total. The summed E-state index contributed by atoms with van der Waals surface area (Å²) in [5, 5.41) is 0. The van der Waals surface area contributed by atoms with Crippen molar-refractivity contribution >= 4 is 0 Å². The Balaban J connectivity index is 1.61. The largest absolute Gasteiger partial charge is 0.372 e. The van der Waals surface area contributed by atoms with Crippen molar-refractivity contribution in [2.24, 2.45) is 0 Å². The maximum absolute atomic E-state index is 5.95. The molecule has 0 fully saturated rings. The van der Waals surface area contributed by atoms with Gasteiger partial charge in [-0.2, -0.15) is 0 Å². The van der Waals surface area contributed by atoms with E-state index >= 15 is 0 Å². The summed E-state index contributed by atoms with van der Waals surface area (Å²) in [6.07, 6.45) is 12.4. The van der Waals surface area contributed by atoms with Gasteiger partial charge in [0.25, 0.3) is 0 Å². The van der Waals surface area contributed by atoms with Gasteiger partial charge in [-0.1, -0.05) is 74.5 Å². The number of hydrogen-bond acceptors (Lipinski definition) is 2. The first-order valence-corrected chi connectivity index (χ1v) is 13.8. The van der Waals surface area contributed by atoms with E-state index in [9.17, 15) is 0 Å². The summed E-state index contributed by atoms with van der Waals surface area (Å²) in [6, 6.07) is 14.6. The molecule has 0 amide bonds. The van der Waals surface area contributed by atoms with Crippen molar-refractivity contribution in [3.05, 3.63) is 104 Å². The maximum Gasteiger partial charge on any atom is 0.0737 e. The van der Waals surface area contributed by atoms with Crippen LogP contribution in [0.1, 0.15) is 101 Å². The van der Waals surface area contributed by atoms with Crippen molar-refractivity contribution in [2.75, 3.05) is 0 Å². The van der Waals surface area contributed by atoms with Crippen molar-refractivity contribution in [1.82, 2.24) is 0 Å². The molecule has 2 aliphatic rings. The SMILES string of the molecule is C#Cc1c(CCCC)cc(C#Cc2c(CCCC)cc(C#Cc3ccccc3)c3c2COC3)c2c1COC2. The van der Waals surface area contributed by atoms with E-state index in [2.05, 4.69) is 55.6 Å². The molecule has 2 nitrogen and oxygen atoms in total. The molecule has 2 aliphatic heterocycles. The smallest absolute Gasteiger partial charge is 0.0737 e. The zero-order valence-corrected chi connectivity index (χ0v) is 22.5. The quantitative estimate of drug-likeness (QED) is 0.334. The minimum Gasteiger partial charge on any atom is -0.372 e. The Labute approximate surface area is 227 Å². The van der Waals surface area contributed by atoms with E-state index in [1.54, 1.807) is 0 Å². The lowest BCUT2D eigenvalue weighted by Gasteiger charge is -2.13. The van der Waals surface area contributed by atoms with Crippen LogP contribution in [-0.2, 0) is 48.7 Å². The first kappa shape index (κ1) is 25.9. The van der Waals surface area contributed by atoms with Crippen molar-refractivity contribution in [2.45, 2.75) is 78.8 Å². The number of hydrogen-bond donors (Lipinski definition) is 0. The number of rotatable bonds is 6. The minimum atomic E-state index is 0.569. The van der Waals surface area contributed by atoms with Gasteiger partial charge in [0.15, 0.2) is 0 Å². The predicted octanol–water partition coefficient (Wildman–Crippen LogP) is 7.21. The molecule has 0 radical (unpaired) electrons. The van der Waals surface area contributed by atoms with Gasteiger partial charge in [-0.25, -0.2) is 0 Å². The average Bonchev–Trinajstić information content (AvgIpc) is 3.64. The number of terminal acetylenes is 1. The maximum atomic E-state index is 5.95. The monoisotopic (exact) mass is 498 g/mol. The van der Waals surface area contributed by atoms with Crippen LogP contribution in [0.3, 0.4) is 0 Å². The molecule has 0 aromatic heterocycles. The van der Waals surface area contributed by atoms with Gasteiger partial charge in [0.1, 0.15) is 0 Å². The molecule has 0 saturated heterocycles. The molecule has 0 atom stereocenters. The Kier molecular flexibility index (Phi) is 8.31. The van der Waals surface area contributed by atoms with Crippen LogP contribution < -0.4 is 0 Å². The fraction of sp³-hybridized carbons (Fsp3) is 0.333. The highest BCUT2D eigenvalue weighted by Crippen LogP contribution is 2.32.